The molecule has 2 heterocycles. The zero-order valence-corrected chi connectivity index (χ0v) is 12.5. The summed E-state index contributed by atoms with van der Waals surface area (Å²) < 4.78 is 27.3. The number of nitrogens with two attached hydrogens (primary N) is 1. The third-order valence-corrected chi connectivity index (χ3v) is 5.50. The van der Waals surface area contributed by atoms with E-state index in [1.807, 2.05) is 31.2 Å². The molecule has 0 spiro atoms. The standard InChI is InChI=1S/C15H17N3O2S/c1-11-9-12-5-2-3-6-13(12)18(10-11)21(19,20)14-7-4-8-17-15(14)16/h2-8,11H,9-10H2,1H3,(H2,16,17). The highest BCUT2D eigenvalue weighted by molar-refractivity contribution is 7.93. The smallest absolute Gasteiger partial charge is 0.268 e. The number of rotatable bonds is 2. The van der Waals surface area contributed by atoms with Crippen LogP contribution in [0.25, 0.3) is 0 Å². The molecule has 2 N–H and O–H groups in total. The van der Waals surface area contributed by atoms with Crippen LogP contribution in [-0.4, -0.2) is 19.9 Å². The Labute approximate surface area is 124 Å². The zero-order valence-electron chi connectivity index (χ0n) is 11.7. The molecule has 0 bridgehead atoms. The van der Waals surface area contributed by atoms with Crippen molar-refractivity contribution in [3.8, 4) is 0 Å². The average Bonchev–Trinajstić information content (AvgIpc) is 2.46. The molecule has 1 unspecified atom stereocenters. The predicted molar refractivity (Wildman–Crippen MR) is 82.5 cm³/mol. The molecular formula is C15H17N3O2S. The van der Waals surface area contributed by atoms with Gasteiger partial charge in [0.2, 0.25) is 0 Å². The minimum atomic E-state index is -3.69. The molecule has 0 amide bonds. The third kappa shape index (κ3) is 2.35. The Balaban J connectivity index is 2.14. The number of hydrogen-bond acceptors (Lipinski definition) is 4. The van der Waals surface area contributed by atoms with Crippen LogP contribution >= 0.6 is 0 Å². The first-order valence-corrected chi connectivity index (χ1v) is 8.25. The van der Waals surface area contributed by atoms with Gasteiger partial charge in [-0.2, -0.15) is 0 Å². The van der Waals surface area contributed by atoms with Gasteiger partial charge in [-0.1, -0.05) is 25.1 Å². The number of anilines is 2. The van der Waals surface area contributed by atoms with E-state index in [0.717, 1.165) is 17.7 Å². The Morgan fingerprint density at radius 3 is 2.76 bits per heavy atom. The van der Waals surface area contributed by atoms with Gasteiger partial charge in [-0.3, -0.25) is 4.31 Å². The maximum atomic E-state index is 12.9. The summed E-state index contributed by atoms with van der Waals surface area (Å²) in [5.74, 6) is 0.292. The van der Waals surface area contributed by atoms with Gasteiger partial charge in [0, 0.05) is 12.7 Å². The van der Waals surface area contributed by atoms with Gasteiger partial charge in [-0.25, -0.2) is 13.4 Å². The van der Waals surface area contributed by atoms with Crippen molar-refractivity contribution in [2.45, 2.75) is 18.2 Å². The Morgan fingerprint density at radius 2 is 2.00 bits per heavy atom. The van der Waals surface area contributed by atoms with E-state index in [1.165, 1.54) is 16.6 Å². The summed E-state index contributed by atoms with van der Waals surface area (Å²) in [6, 6.07) is 10.7. The summed E-state index contributed by atoms with van der Waals surface area (Å²) in [5.41, 5.74) is 7.53. The maximum Gasteiger partial charge on any atom is 0.268 e. The molecule has 1 aliphatic heterocycles. The fraction of sp³-hybridized carbons (Fsp3) is 0.267. The van der Waals surface area contributed by atoms with Crippen LogP contribution in [0.2, 0.25) is 0 Å². The van der Waals surface area contributed by atoms with Gasteiger partial charge in [0.25, 0.3) is 10.0 Å². The molecule has 1 atom stereocenters. The monoisotopic (exact) mass is 303 g/mol. The lowest BCUT2D eigenvalue weighted by Gasteiger charge is -2.34. The van der Waals surface area contributed by atoms with Gasteiger partial charge in [-0.15, -0.1) is 0 Å². The van der Waals surface area contributed by atoms with Crippen LogP contribution in [0.4, 0.5) is 11.5 Å². The van der Waals surface area contributed by atoms with E-state index in [2.05, 4.69) is 4.98 Å². The number of hydrogen-bond donors (Lipinski definition) is 1. The normalized spacial score (nSPS) is 18.3. The molecule has 1 aromatic carbocycles. The second-order valence-electron chi connectivity index (χ2n) is 5.36. The maximum absolute atomic E-state index is 12.9. The van der Waals surface area contributed by atoms with Crippen LogP contribution in [0.15, 0.2) is 47.5 Å². The molecular weight excluding hydrogens is 286 g/mol. The zero-order chi connectivity index (χ0) is 15.0. The van der Waals surface area contributed by atoms with Crippen molar-refractivity contribution in [1.29, 1.82) is 0 Å². The summed E-state index contributed by atoms with van der Waals surface area (Å²) in [7, 11) is -3.69. The highest BCUT2D eigenvalue weighted by Crippen LogP contribution is 2.34. The summed E-state index contributed by atoms with van der Waals surface area (Å²) in [5, 5.41) is 0. The first-order chi connectivity index (χ1) is 10.00. The Bertz CT molecular complexity index is 774. The number of aromatic nitrogens is 1. The van der Waals surface area contributed by atoms with E-state index < -0.39 is 10.0 Å². The van der Waals surface area contributed by atoms with Crippen molar-refractivity contribution in [2.24, 2.45) is 5.92 Å². The topological polar surface area (TPSA) is 76.3 Å². The summed E-state index contributed by atoms with van der Waals surface area (Å²) in [6.45, 7) is 2.50. The summed E-state index contributed by atoms with van der Waals surface area (Å²) >= 11 is 0. The fourth-order valence-corrected chi connectivity index (χ4v) is 4.41. The van der Waals surface area contributed by atoms with E-state index in [4.69, 9.17) is 5.73 Å². The van der Waals surface area contributed by atoms with Crippen molar-refractivity contribution in [3.05, 3.63) is 48.2 Å². The summed E-state index contributed by atoms with van der Waals surface area (Å²) in [4.78, 5) is 3.95. The number of nitrogen functional groups attached to an aromatic ring is 1. The Hall–Kier alpha value is -2.08. The minimum absolute atomic E-state index is 0.0354. The van der Waals surface area contributed by atoms with Crippen molar-refractivity contribution in [3.63, 3.8) is 0 Å². The van der Waals surface area contributed by atoms with Gasteiger partial charge in [-0.05, 0) is 36.1 Å². The van der Waals surface area contributed by atoms with Gasteiger partial charge in [0.1, 0.15) is 10.7 Å². The number of fused-ring (bicyclic) bond motifs is 1. The first-order valence-electron chi connectivity index (χ1n) is 6.81. The molecule has 0 radical (unpaired) electrons. The van der Waals surface area contributed by atoms with E-state index in [1.54, 1.807) is 6.07 Å². The van der Waals surface area contributed by atoms with Crippen molar-refractivity contribution >= 4 is 21.5 Å². The van der Waals surface area contributed by atoms with Crippen LogP contribution in [-0.2, 0) is 16.4 Å². The number of benzene rings is 1. The molecule has 3 rings (SSSR count). The fourth-order valence-electron chi connectivity index (χ4n) is 2.72. The molecule has 1 aromatic heterocycles. The molecule has 6 heteroatoms. The quantitative estimate of drug-likeness (QED) is 0.921. The predicted octanol–water partition coefficient (Wildman–Crippen LogP) is 2.05. The molecule has 0 fully saturated rings. The highest BCUT2D eigenvalue weighted by Gasteiger charge is 2.32. The average molecular weight is 303 g/mol. The van der Waals surface area contributed by atoms with Gasteiger partial charge in [0.15, 0.2) is 0 Å². The lowest BCUT2D eigenvalue weighted by atomic mass is 9.96. The van der Waals surface area contributed by atoms with Gasteiger partial charge >= 0.3 is 0 Å². The largest absolute Gasteiger partial charge is 0.383 e. The van der Waals surface area contributed by atoms with Gasteiger partial charge in [0.05, 0.1) is 5.69 Å². The third-order valence-electron chi connectivity index (χ3n) is 3.67. The number of sulfonamides is 1. The van der Waals surface area contributed by atoms with E-state index >= 15 is 0 Å². The van der Waals surface area contributed by atoms with Crippen LogP contribution in [0, 0.1) is 5.92 Å². The van der Waals surface area contributed by atoms with E-state index in [0.29, 0.717) is 6.54 Å². The number of pyridine rings is 1. The lowest BCUT2D eigenvalue weighted by molar-refractivity contribution is 0.545. The van der Waals surface area contributed by atoms with Crippen LogP contribution in [0.5, 0.6) is 0 Å². The van der Waals surface area contributed by atoms with Gasteiger partial charge < -0.3 is 5.73 Å². The second kappa shape index (κ2) is 5.04. The molecule has 110 valence electrons. The minimum Gasteiger partial charge on any atom is -0.383 e. The molecule has 0 saturated heterocycles. The number of para-hydroxylation sites is 1. The Morgan fingerprint density at radius 1 is 1.24 bits per heavy atom. The SMILES string of the molecule is CC1Cc2ccccc2N(S(=O)(=O)c2cccnc2N)C1. The lowest BCUT2D eigenvalue weighted by Crippen LogP contribution is -2.39. The van der Waals surface area contributed by atoms with Crippen LogP contribution in [0.1, 0.15) is 12.5 Å². The molecule has 0 saturated carbocycles. The molecule has 0 aliphatic carbocycles. The molecule has 21 heavy (non-hydrogen) atoms. The second-order valence-corrected chi connectivity index (χ2v) is 7.19. The highest BCUT2D eigenvalue weighted by atomic mass is 32.2. The van der Waals surface area contributed by atoms with Crippen LogP contribution < -0.4 is 10.0 Å². The van der Waals surface area contributed by atoms with Crippen LogP contribution in [0.3, 0.4) is 0 Å². The van der Waals surface area contributed by atoms with Crippen molar-refractivity contribution in [2.75, 3.05) is 16.6 Å². The van der Waals surface area contributed by atoms with Crippen molar-refractivity contribution < 1.29 is 8.42 Å². The van der Waals surface area contributed by atoms with E-state index in [-0.39, 0.29) is 16.6 Å². The molecule has 2 aromatic rings. The summed E-state index contributed by atoms with van der Waals surface area (Å²) in [6.07, 6.45) is 2.37. The van der Waals surface area contributed by atoms with Crippen molar-refractivity contribution in [1.82, 2.24) is 4.98 Å². The molecule has 5 nitrogen and oxygen atoms in total. The molecule has 1 aliphatic rings. The number of nitrogens with zero attached hydrogens (tertiary/aromatic N) is 2. The first kappa shape index (κ1) is 13.9. The Kier molecular flexibility index (Phi) is 3.33. The van der Waals surface area contributed by atoms with E-state index in [9.17, 15) is 8.42 Å².